The number of amides is 1. The third kappa shape index (κ3) is 4.00. The fraction of sp³-hybridized carbons (Fsp3) is 0.143. The Morgan fingerprint density at radius 1 is 1.00 bits per heavy atom. The highest BCUT2D eigenvalue weighted by molar-refractivity contribution is 5.94. The minimum Gasteiger partial charge on any atom is -0.497 e. The van der Waals surface area contributed by atoms with Crippen molar-refractivity contribution in [1.29, 1.82) is 0 Å². The van der Waals surface area contributed by atoms with E-state index >= 15 is 0 Å². The summed E-state index contributed by atoms with van der Waals surface area (Å²) in [5.74, 6) is 1.28. The zero-order valence-corrected chi connectivity index (χ0v) is 14.7. The van der Waals surface area contributed by atoms with Crippen LogP contribution >= 0.6 is 0 Å². The predicted octanol–water partition coefficient (Wildman–Crippen LogP) is 3.70. The van der Waals surface area contributed by atoms with Crippen molar-refractivity contribution < 1.29 is 14.3 Å². The van der Waals surface area contributed by atoms with Gasteiger partial charge < -0.3 is 14.8 Å². The second-order valence-corrected chi connectivity index (χ2v) is 5.68. The normalized spacial score (nSPS) is 10.2. The molecule has 0 saturated heterocycles. The van der Waals surface area contributed by atoms with Crippen LogP contribution in [0.4, 0.5) is 0 Å². The van der Waals surface area contributed by atoms with Gasteiger partial charge in [0.25, 0.3) is 5.91 Å². The number of hydrogen-bond acceptors (Lipinski definition) is 4. The summed E-state index contributed by atoms with van der Waals surface area (Å²) in [4.78, 5) is 16.5. The maximum absolute atomic E-state index is 12.4. The third-order valence-electron chi connectivity index (χ3n) is 4.07. The van der Waals surface area contributed by atoms with Crippen LogP contribution in [0.3, 0.4) is 0 Å². The van der Waals surface area contributed by atoms with Gasteiger partial charge in [-0.3, -0.25) is 9.78 Å². The summed E-state index contributed by atoms with van der Waals surface area (Å²) in [7, 11) is 3.21. The van der Waals surface area contributed by atoms with E-state index < -0.39 is 0 Å². The van der Waals surface area contributed by atoms with Crippen molar-refractivity contribution in [2.75, 3.05) is 14.2 Å². The summed E-state index contributed by atoms with van der Waals surface area (Å²) in [6, 6.07) is 16.8. The molecule has 5 nitrogen and oxygen atoms in total. The number of nitrogens with zero attached hydrogens (tertiary/aromatic N) is 1. The molecule has 1 amide bonds. The topological polar surface area (TPSA) is 60.5 Å². The monoisotopic (exact) mass is 348 g/mol. The molecule has 0 fully saturated rings. The molecule has 0 aliphatic carbocycles. The molecule has 0 bridgehead atoms. The van der Waals surface area contributed by atoms with Gasteiger partial charge in [-0.05, 0) is 47.5 Å². The van der Waals surface area contributed by atoms with Crippen LogP contribution in [0.2, 0.25) is 0 Å². The van der Waals surface area contributed by atoms with E-state index in [2.05, 4.69) is 10.3 Å². The van der Waals surface area contributed by atoms with Crippen LogP contribution in [0, 0.1) is 0 Å². The van der Waals surface area contributed by atoms with Gasteiger partial charge in [-0.2, -0.15) is 0 Å². The summed E-state index contributed by atoms with van der Waals surface area (Å²) >= 11 is 0. The van der Waals surface area contributed by atoms with Crippen molar-refractivity contribution in [3.63, 3.8) is 0 Å². The predicted molar refractivity (Wildman–Crippen MR) is 100 cm³/mol. The van der Waals surface area contributed by atoms with Crippen LogP contribution in [0.25, 0.3) is 11.1 Å². The first-order valence-electron chi connectivity index (χ1n) is 8.21. The molecule has 26 heavy (non-hydrogen) atoms. The highest BCUT2D eigenvalue weighted by Crippen LogP contribution is 2.24. The van der Waals surface area contributed by atoms with Crippen molar-refractivity contribution in [2.24, 2.45) is 0 Å². The molecule has 0 spiro atoms. The van der Waals surface area contributed by atoms with Crippen molar-refractivity contribution >= 4 is 5.91 Å². The molecule has 0 aliphatic heterocycles. The Kier molecular flexibility index (Phi) is 5.49. The average molecular weight is 348 g/mol. The van der Waals surface area contributed by atoms with Gasteiger partial charge >= 0.3 is 0 Å². The van der Waals surface area contributed by atoms with E-state index in [1.165, 1.54) is 0 Å². The van der Waals surface area contributed by atoms with Gasteiger partial charge in [0, 0.05) is 30.1 Å². The lowest BCUT2D eigenvalue weighted by Crippen LogP contribution is -2.23. The fourth-order valence-electron chi connectivity index (χ4n) is 2.65. The van der Waals surface area contributed by atoms with E-state index in [4.69, 9.17) is 9.47 Å². The Morgan fingerprint density at radius 2 is 1.81 bits per heavy atom. The van der Waals surface area contributed by atoms with Crippen LogP contribution in [0.15, 0.2) is 67.0 Å². The highest BCUT2D eigenvalue weighted by Gasteiger charge is 2.09. The lowest BCUT2D eigenvalue weighted by atomic mass is 10.1. The molecule has 1 heterocycles. The number of nitrogens with one attached hydrogen (secondary N) is 1. The summed E-state index contributed by atoms with van der Waals surface area (Å²) in [6.45, 7) is 0.351. The molecule has 0 aliphatic rings. The highest BCUT2D eigenvalue weighted by atomic mass is 16.5. The molecule has 3 aromatic rings. The Hall–Kier alpha value is -3.34. The lowest BCUT2D eigenvalue weighted by Gasteiger charge is -2.11. The van der Waals surface area contributed by atoms with Gasteiger partial charge in [0.2, 0.25) is 0 Å². The van der Waals surface area contributed by atoms with Gasteiger partial charge in [0.1, 0.15) is 11.5 Å². The smallest absolute Gasteiger partial charge is 0.251 e. The number of pyridine rings is 1. The van der Waals surface area contributed by atoms with Crippen molar-refractivity contribution in [2.45, 2.75) is 6.54 Å². The number of carbonyl (C=O) groups excluding carboxylic acids is 1. The molecule has 0 saturated carbocycles. The molecular formula is C21H20N2O3. The van der Waals surface area contributed by atoms with Crippen LogP contribution in [0.5, 0.6) is 11.5 Å². The Labute approximate surface area is 152 Å². The Balaban J connectivity index is 1.69. The molecule has 1 N–H and O–H groups in total. The number of aromatic nitrogens is 1. The first-order chi connectivity index (χ1) is 12.7. The van der Waals surface area contributed by atoms with E-state index in [1.807, 2.05) is 42.5 Å². The molecule has 0 unspecified atom stereocenters. The molecule has 0 atom stereocenters. The van der Waals surface area contributed by atoms with E-state index in [0.717, 1.165) is 22.4 Å². The van der Waals surface area contributed by atoms with Gasteiger partial charge in [-0.25, -0.2) is 0 Å². The molecule has 0 radical (unpaired) electrons. The van der Waals surface area contributed by atoms with Gasteiger partial charge in [0.15, 0.2) is 0 Å². The number of benzene rings is 2. The van der Waals surface area contributed by atoms with Crippen LogP contribution in [-0.4, -0.2) is 25.1 Å². The lowest BCUT2D eigenvalue weighted by molar-refractivity contribution is 0.0950. The minimum atomic E-state index is -0.146. The molecule has 1 aromatic heterocycles. The average Bonchev–Trinajstić information content (AvgIpc) is 2.72. The fourth-order valence-corrected chi connectivity index (χ4v) is 2.65. The standard InChI is InChI=1S/C21H20N2O3/c1-25-19-9-10-20(26-2)18(12-19)14-23-21(24)16-7-5-15(6-8-16)17-4-3-11-22-13-17/h3-13H,14H2,1-2H3,(H,23,24). The number of hydrogen-bond donors (Lipinski definition) is 1. The summed E-state index contributed by atoms with van der Waals surface area (Å²) in [6.07, 6.45) is 3.53. The zero-order valence-electron chi connectivity index (χ0n) is 14.7. The van der Waals surface area contributed by atoms with Crippen LogP contribution < -0.4 is 14.8 Å². The maximum atomic E-state index is 12.4. The molecule has 3 rings (SSSR count). The van der Waals surface area contributed by atoms with Crippen molar-refractivity contribution in [3.05, 3.63) is 78.1 Å². The quantitative estimate of drug-likeness (QED) is 0.738. The minimum absolute atomic E-state index is 0.146. The SMILES string of the molecule is COc1ccc(OC)c(CNC(=O)c2ccc(-c3cccnc3)cc2)c1. The second-order valence-electron chi connectivity index (χ2n) is 5.68. The maximum Gasteiger partial charge on any atom is 0.251 e. The van der Waals surface area contributed by atoms with E-state index in [1.54, 1.807) is 38.7 Å². The number of rotatable bonds is 6. The largest absolute Gasteiger partial charge is 0.497 e. The first-order valence-corrected chi connectivity index (χ1v) is 8.21. The molecule has 5 heteroatoms. The molecule has 2 aromatic carbocycles. The van der Waals surface area contributed by atoms with Gasteiger partial charge in [-0.1, -0.05) is 18.2 Å². The summed E-state index contributed by atoms with van der Waals surface area (Å²) in [5, 5.41) is 2.91. The van der Waals surface area contributed by atoms with Gasteiger partial charge in [0.05, 0.1) is 14.2 Å². The van der Waals surface area contributed by atoms with E-state index in [0.29, 0.717) is 17.9 Å². The van der Waals surface area contributed by atoms with E-state index in [9.17, 15) is 4.79 Å². The number of methoxy groups -OCH3 is 2. The van der Waals surface area contributed by atoms with Crippen molar-refractivity contribution in [3.8, 4) is 22.6 Å². The molecule has 132 valence electrons. The number of carbonyl (C=O) groups is 1. The number of ether oxygens (including phenoxy) is 2. The van der Waals surface area contributed by atoms with Crippen molar-refractivity contribution in [1.82, 2.24) is 10.3 Å². The van der Waals surface area contributed by atoms with Gasteiger partial charge in [-0.15, -0.1) is 0 Å². The van der Waals surface area contributed by atoms with Crippen LogP contribution in [0.1, 0.15) is 15.9 Å². The Morgan fingerprint density at radius 3 is 2.46 bits per heavy atom. The second kappa shape index (κ2) is 8.16. The first kappa shape index (κ1) is 17.5. The summed E-state index contributed by atoms with van der Waals surface area (Å²) in [5.41, 5.74) is 3.48. The Bertz CT molecular complexity index is 878. The zero-order chi connectivity index (χ0) is 18.4. The van der Waals surface area contributed by atoms with Crippen LogP contribution in [-0.2, 0) is 6.54 Å². The summed E-state index contributed by atoms with van der Waals surface area (Å²) < 4.78 is 10.6. The van der Waals surface area contributed by atoms with E-state index in [-0.39, 0.29) is 5.91 Å². The molecular weight excluding hydrogens is 328 g/mol. The third-order valence-corrected chi connectivity index (χ3v) is 4.07.